The van der Waals surface area contributed by atoms with E-state index in [-0.39, 0.29) is 24.9 Å². The molecule has 0 heterocycles. The Balaban J connectivity index is 2.38. The smallest absolute Gasteiger partial charge is 0.238 e. The first kappa shape index (κ1) is 19.2. The van der Waals surface area contributed by atoms with E-state index >= 15 is 0 Å². The monoisotopic (exact) mass is 319 g/mol. The third kappa shape index (κ3) is 7.28. The molecule has 0 atom stereocenters. The molecule has 0 fully saturated rings. The SMILES string of the molecule is Cc1cccc(NC(=O)CN(C)CC(=O)NCCC(C)C)c1C. The van der Waals surface area contributed by atoms with Gasteiger partial charge in [0, 0.05) is 12.2 Å². The average Bonchev–Trinajstić information content (AvgIpc) is 2.43. The molecule has 0 saturated heterocycles. The maximum atomic E-state index is 12.1. The number of hydrogen-bond acceptors (Lipinski definition) is 3. The molecule has 1 rings (SSSR count). The Bertz CT molecular complexity index is 541. The molecule has 0 radical (unpaired) electrons. The Kier molecular flexibility index (Phi) is 7.75. The summed E-state index contributed by atoms with van der Waals surface area (Å²) in [6.45, 7) is 9.32. The highest BCUT2D eigenvalue weighted by molar-refractivity contribution is 5.93. The zero-order valence-electron chi connectivity index (χ0n) is 14.9. The van der Waals surface area contributed by atoms with E-state index in [9.17, 15) is 9.59 Å². The van der Waals surface area contributed by atoms with Gasteiger partial charge in [-0.2, -0.15) is 0 Å². The molecule has 0 bridgehead atoms. The fourth-order valence-electron chi connectivity index (χ4n) is 2.18. The summed E-state index contributed by atoms with van der Waals surface area (Å²) in [5.74, 6) is 0.403. The lowest BCUT2D eigenvalue weighted by molar-refractivity contribution is -0.122. The molecule has 0 aromatic heterocycles. The number of carbonyl (C=O) groups excluding carboxylic acids is 2. The number of hydrogen-bond donors (Lipinski definition) is 2. The third-order valence-electron chi connectivity index (χ3n) is 3.75. The molecular formula is C18H29N3O2. The Labute approximate surface area is 139 Å². The Morgan fingerprint density at radius 3 is 2.43 bits per heavy atom. The van der Waals surface area contributed by atoms with Crippen LogP contribution in [-0.2, 0) is 9.59 Å². The predicted octanol–water partition coefficient (Wildman–Crippen LogP) is 2.34. The van der Waals surface area contributed by atoms with Crippen LogP contribution in [0.3, 0.4) is 0 Å². The minimum atomic E-state index is -0.115. The van der Waals surface area contributed by atoms with E-state index in [1.165, 1.54) is 0 Å². The standard InChI is InChI=1S/C18H29N3O2/c1-13(2)9-10-19-17(22)11-21(5)12-18(23)20-16-8-6-7-14(3)15(16)4/h6-8,13H,9-12H2,1-5H3,(H,19,22)(H,20,23). The molecule has 1 aromatic carbocycles. The molecule has 23 heavy (non-hydrogen) atoms. The van der Waals surface area contributed by atoms with Crippen LogP contribution in [0.5, 0.6) is 0 Å². The number of likely N-dealkylation sites (N-methyl/N-ethyl adjacent to an activating group) is 1. The lowest BCUT2D eigenvalue weighted by atomic mass is 10.1. The van der Waals surface area contributed by atoms with Gasteiger partial charge in [-0.05, 0) is 50.4 Å². The molecule has 0 saturated carbocycles. The van der Waals surface area contributed by atoms with E-state index in [4.69, 9.17) is 0 Å². The molecule has 128 valence electrons. The average molecular weight is 319 g/mol. The molecule has 0 unspecified atom stereocenters. The van der Waals surface area contributed by atoms with Gasteiger partial charge in [0.1, 0.15) is 0 Å². The highest BCUT2D eigenvalue weighted by atomic mass is 16.2. The molecule has 1 aromatic rings. The minimum Gasteiger partial charge on any atom is -0.355 e. The number of amides is 2. The van der Waals surface area contributed by atoms with Crippen LogP contribution in [-0.4, -0.2) is 43.4 Å². The third-order valence-corrected chi connectivity index (χ3v) is 3.75. The number of benzene rings is 1. The van der Waals surface area contributed by atoms with Crippen molar-refractivity contribution in [1.82, 2.24) is 10.2 Å². The molecule has 0 aliphatic carbocycles. The van der Waals surface area contributed by atoms with Crippen LogP contribution in [0.4, 0.5) is 5.69 Å². The molecule has 5 nitrogen and oxygen atoms in total. The molecular weight excluding hydrogens is 290 g/mol. The van der Waals surface area contributed by atoms with E-state index in [0.717, 1.165) is 23.2 Å². The van der Waals surface area contributed by atoms with Gasteiger partial charge >= 0.3 is 0 Å². The minimum absolute atomic E-state index is 0.0484. The summed E-state index contributed by atoms with van der Waals surface area (Å²) in [5.41, 5.74) is 3.03. The first-order valence-electron chi connectivity index (χ1n) is 8.11. The van der Waals surface area contributed by atoms with Gasteiger partial charge in [0.2, 0.25) is 11.8 Å². The summed E-state index contributed by atoms with van der Waals surface area (Å²) in [6, 6.07) is 5.82. The van der Waals surface area contributed by atoms with Gasteiger partial charge in [0.15, 0.2) is 0 Å². The van der Waals surface area contributed by atoms with Gasteiger partial charge in [-0.1, -0.05) is 26.0 Å². The van der Waals surface area contributed by atoms with Crippen LogP contribution in [0.25, 0.3) is 0 Å². The van der Waals surface area contributed by atoms with Crippen molar-refractivity contribution in [2.75, 3.05) is 32.0 Å². The van der Waals surface area contributed by atoms with Crippen LogP contribution < -0.4 is 10.6 Å². The van der Waals surface area contributed by atoms with Crippen molar-refractivity contribution in [3.05, 3.63) is 29.3 Å². The van der Waals surface area contributed by atoms with Crippen molar-refractivity contribution >= 4 is 17.5 Å². The zero-order chi connectivity index (χ0) is 17.4. The number of nitrogens with zero attached hydrogens (tertiary/aromatic N) is 1. The van der Waals surface area contributed by atoms with Gasteiger partial charge < -0.3 is 10.6 Å². The molecule has 2 amide bonds. The van der Waals surface area contributed by atoms with Crippen molar-refractivity contribution < 1.29 is 9.59 Å². The fourth-order valence-corrected chi connectivity index (χ4v) is 2.18. The van der Waals surface area contributed by atoms with Crippen molar-refractivity contribution in [2.24, 2.45) is 5.92 Å². The number of aryl methyl sites for hydroxylation is 1. The first-order valence-corrected chi connectivity index (χ1v) is 8.11. The van der Waals surface area contributed by atoms with Gasteiger partial charge in [0.05, 0.1) is 13.1 Å². The van der Waals surface area contributed by atoms with Crippen LogP contribution >= 0.6 is 0 Å². The molecule has 5 heteroatoms. The topological polar surface area (TPSA) is 61.4 Å². The Hall–Kier alpha value is -1.88. The van der Waals surface area contributed by atoms with Crippen molar-refractivity contribution in [2.45, 2.75) is 34.1 Å². The number of nitrogens with one attached hydrogen (secondary N) is 2. The number of rotatable bonds is 8. The predicted molar refractivity (Wildman–Crippen MR) is 94.5 cm³/mol. The summed E-state index contributed by atoms with van der Waals surface area (Å²) in [4.78, 5) is 25.6. The lowest BCUT2D eigenvalue weighted by Crippen LogP contribution is -2.39. The Morgan fingerprint density at radius 1 is 1.13 bits per heavy atom. The fraction of sp³-hybridized carbons (Fsp3) is 0.556. The molecule has 0 aliphatic heterocycles. The molecule has 0 aliphatic rings. The maximum absolute atomic E-state index is 12.1. The van der Waals surface area contributed by atoms with Gasteiger partial charge in [-0.25, -0.2) is 0 Å². The van der Waals surface area contributed by atoms with E-state index < -0.39 is 0 Å². The van der Waals surface area contributed by atoms with Crippen LogP contribution in [0.1, 0.15) is 31.4 Å². The largest absolute Gasteiger partial charge is 0.355 e. The quantitative estimate of drug-likeness (QED) is 0.773. The zero-order valence-corrected chi connectivity index (χ0v) is 14.9. The van der Waals surface area contributed by atoms with Crippen molar-refractivity contribution in [3.63, 3.8) is 0 Å². The maximum Gasteiger partial charge on any atom is 0.238 e. The van der Waals surface area contributed by atoms with Gasteiger partial charge in [-0.3, -0.25) is 14.5 Å². The van der Waals surface area contributed by atoms with Crippen LogP contribution in [0.2, 0.25) is 0 Å². The number of carbonyl (C=O) groups is 2. The second-order valence-corrected chi connectivity index (χ2v) is 6.50. The van der Waals surface area contributed by atoms with E-state index in [2.05, 4.69) is 24.5 Å². The van der Waals surface area contributed by atoms with Crippen molar-refractivity contribution in [1.29, 1.82) is 0 Å². The Morgan fingerprint density at radius 2 is 1.78 bits per heavy atom. The van der Waals surface area contributed by atoms with Crippen LogP contribution in [0, 0.1) is 19.8 Å². The van der Waals surface area contributed by atoms with E-state index in [1.807, 2.05) is 32.0 Å². The second kappa shape index (κ2) is 9.30. The lowest BCUT2D eigenvalue weighted by Gasteiger charge is -2.17. The van der Waals surface area contributed by atoms with Gasteiger partial charge in [-0.15, -0.1) is 0 Å². The first-order chi connectivity index (χ1) is 10.8. The van der Waals surface area contributed by atoms with E-state index in [0.29, 0.717) is 12.5 Å². The highest BCUT2D eigenvalue weighted by Gasteiger charge is 2.12. The van der Waals surface area contributed by atoms with Crippen molar-refractivity contribution in [3.8, 4) is 0 Å². The second-order valence-electron chi connectivity index (χ2n) is 6.50. The summed E-state index contributed by atoms with van der Waals surface area (Å²) < 4.78 is 0. The summed E-state index contributed by atoms with van der Waals surface area (Å²) in [5, 5.41) is 5.77. The number of anilines is 1. The summed E-state index contributed by atoms with van der Waals surface area (Å²) in [6.07, 6.45) is 0.961. The normalized spacial score (nSPS) is 10.9. The molecule has 2 N–H and O–H groups in total. The van der Waals surface area contributed by atoms with E-state index in [1.54, 1.807) is 11.9 Å². The van der Waals surface area contributed by atoms with Crippen LogP contribution in [0.15, 0.2) is 18.2 Å². The van der Waals surface area contributed by atoms with Gasteiger partial charge in [0.25, 0.3) is 0 Å². The molecule has 0 spiro atoms. The summed E-state index contributed by atoms with van der Waals surface area (Å²) >= 11 is 0. The highest BCUT2D eigenvalue weighted by Crippen LogP contribution is 2.17. The summed E-state index contributed by atoms with van der Waals surface area (Å²) in [7, 11) is 1.77.